The van der Waals surface area contributed by atoms with Crippen molar-refractivity contribution in [2.24, 2.45) is 17.3 Å². The van der Waals surface area contributed by atoms with E-state index < -0.39 is 11.7 Å². The number of aliphatic hydroxyl groups excluding tert-OH is 1. The third-order valence-electron chi connectivity index (χ3n) is 10.1. The van der Waals surface area contributed by atoms with E-state index in [4.69, 9.17) is 4.74 Å². The summed E-state index contributed by atoms with van der Waals surface area (Å²) < 4.78 is 6.59. The molecule has 4 nitrogen and oxygen atoms in total. The lowest BCUT2D eigenvalue weighted by Gasteiger charge is -2.51. The maximum atomic E-state index is 13.2. The third-order valence-corrected chi connectivity index (χ3v) is 10.1. The molecule has 7 atom stereocenters. The zero-order valence-electron chi connectivity index (χ0n) is 21.2. The van der Waals surface area contributed by atoms with Gasteiger partial charge in [-0.05, 0) is 78.4 Å². The van der Waals surface area contributed by atoms with Gasteiger partial charge in [-0.1, -0.05) is 74.9 Å². The molecule has 2 aromatic rings. The highest BCUT2D eigenvalue weighted by Gasteiger charge is 2.69. The van der Waals surface area contributed by atoms with Gasteiger partial charge in [0, 0.05) is 6.54 Å². The number of unbranched alkanes of at least 4 members (excludes halogenated alkanes) is 1. The Bertz CT molecular complexity index is 1090. The summed E-state index contributed by atoms with van der Waals surface area (Å²) in [6, 6.07) is 19.1. The van der Waals surface area contributed by atoms with Gasteiger partial charge in [0.25, 0.3) is 0 Å². The Balaban J connectivity index is 1.42. The molecule has 1 aliphatic heterocycles. The molecule has 3 aliphatic carbocycles. The van der Waals surface area contributed by atoms with Gasteiger partial charge in [-0.15, -0.1) is 0 Å². The Morgan fingerprint density at radius 3 is 2.66 bits per heavy atom. The molecule has 1 heterocycles. The van der Waals surface area contributed by atoms with Crippen molar-refractivity contribution >= 4 is 5.91 Å². The van der Waals surface area contributed by atoms with Crippen molar-refractivity contribution < 1.29 is 14.6 Å². The Kier molecular flexibility index (Phi) is 5.80. The summed E-state index contributed by atoms with van der Waals surface area (Å²) in [5.74, 6) is 1.56. The van der Waals surface area contributed by atoms with Crippen LogP contribution in [0.4, 0.5) is 0 Å². The maximum Gasteiger partial charge on any atom is 0.249 e. The molecule has 3 fully saturated rings. The molecule has 35 heavy (non-hydrogen) atoms. The van der Waals surface area contributed by atoms with Crippen molar-refractivity contribution in [2.75, 3.05) is 13.2 Å². The van der Waals surface area contributed by atoms with Gasteiger partial charge in [-0.2, -0.15) is 0 Å². The normalized spacial score (nSPS) is 38.2. The van der Waals surface area contributed by atoms with Crippen molar-refractivity contribution in [3.63, 3.8) is 0 Å². The quantitative estimate of drug-likeness (QED) is 0.624. The summed E-state index contributed by atoms with van der Waals surface area (Å²) in [6.07, 6.45) is 6.65. The number of rotatable bonds is 4. The summed E-state index contributed by atoms with van der Waals surface area (Å²) in [6.45, 7) is 5.27. The predicted octanol–water partition coefficient (Wildman–Crippen LogP) is 5.65. The molecule has 1 spiro atoms. The van der Waals surface area contributed by atoms with E-state index in [9.17, 15) is 9.90 Å². The number of benzene rings is 2. The molecule has 1 amide bonds. The molecular formula is C31H39NO3. The van der Waals surface area contributed by atoms with Crippen LogP contribution in [0.1, 0.15) is 81.0 Å². The van der Waals surface area contributed by atoms with Gasteiger partial charge in [0.2, 0.25) is 5.91 Å². The first-order valence-electron chi connectivity index (χ1n) is 13.7. The molecule has 186 valence electrons. The van der Waals surface area contributed by atoms with Gasteiger partial charge in [0.1, 0.15) is 12.2 Å². The van der Waals surface area contributed by atoms with Crippen molar-refractivity contribution in [1.29, 1.82) is 0 Å². The van der Waals surface area contributed by atoms with E-state index >= 15 is 0 Å². The van der Waals surface area contributed by atoms with Crippen LogP contribution in [0.3, 0.4) is 0 Å². The summed E-state index contributed by atoms with van der Waals surface area (Å²) in [5, 5.41) is 12.2. The summed E-state index contributed by atoms with van der Waals surface area (Å²) in [7, 11) is 0. The van der Waals surface area contributed by atoms with Crippen LogP contribution in [0.25, 0.3) is 0 Å². The van der Waals surface area contributed by atoms with Crippen LogP contribution >= 0.6 is 0 Å². The van der Waals surface area contributed by atoms with Crippen molar-refractivity contribution in [1.82, 2.24) is 4.90 Å². The molecule has 2 aromatic carbocycles. The third kappa shape index (κ3) is 3.43. The minimum absolute atomic E-state index is 0.0506. The van der Waals surface area contributed by atoms with E-state index in [1.54, 1.807) is 0 Å². The lowest BCUT2D eigenvalue weighted by atomic mass is 9.55. The first kappa shape index (κ1) is 23.2. The fourth-order valence-corrected chi connectivity index (χ4v) is 8.45. The SMILES string of the molecule is CCCCN1C(=O)CO[C@@]2(C[C@H]3[C@@H]4CCc5ccccc5[C@H]4CC[C@]3(C)[C@H]2O)[C@@H]1c1ccccc1. The molecule has 0 aromatic heterocycles. The number of nitrogens with zero attached hydrogens (tertiary/aromatic N) is 1. The predicted molar refractivity (Wildman–Crippen MR) is 137 cm³/mol. The highest BCUT2D eigenvalue weighted by molar-refractivity contribution is 5.79. The van der Waals surface area contributed by atoms with Gasteiger partial charge < -0.3 is 14.7 Å². The fraction of sp³-hybridized carbons (Fsp3) is 0.581. The number of carbonyl (C=O) groups excluding carboxylic acids is 1. The molecule has 1 N–H and O–H groups in total. The second-order valence-corrected chi connectivity index (χ2v) is 11.8. The van der Waals surface area contributed by atoms with Crippen LogP contribution in [0, 0.1) is 17.3 Å². The van der Waals surface area contributed by atoms with E-state index in [1.165, 1.54) is 17.5 Å². The van der Waals surface area contributed by atoms with Crippen molar-refractivity contribution in [3.05, 3.63) is 71.3 Å². The summed E-state index contributed by atoms with van der Waals surface area (Å²) >= 11 is 0. The molecule has 0 unspecified atom stereocenters. The second kappa shape index (κ2) is 8.74. The molecule has 1 saturated heterocycles. The summed E-state index contributed by atoms with van der Waals surface area (Å²) in [4.78, 5) is 15.3. The van der Waals surface area contributed by atoms with Gasteiger partial charge in [-0.25, -0.2) is 0 Å². The highest BCUT2D eigenvalue weighted by atomic mass is 16.5. The van der Waals surface area contributed by atoms with E-state index in [2.05, 4.69) is 50.2 Å². The Morgan fingerprint density at radius 1 is 1.09 bits per heavy atom. The molecule has 6 rings (SSSR count). The van der Waals surface area contributed by atoms with Gasteiger partial charge in [0.05, 0.1) is 12.1 Å². The first-order valence-corrected chi connectivity index (χ1v) is 13.7. The average Bonchev–Trinajstić information content (AvgIpc) is 3.12. The number of hydrogen-bond acceptors (Lipinski definition) is 3. The largest absolute Gasteiger partial charge is 0.389 e. The van der Waals surface area contributed by atoms with E-state index in [0.717, 1.165) is 44.1 Å². The smallest absolute Gasteiger partial charge is 0.249 e. The molecule has 4 heteroatoms. The molecular weight excluding hydrogens is 434 g/mol. The van der Waals surface area contributed by atoms with Crippen LogP contribution in [0.2, 0.25) is 0 Å². The van der Waals surface area contributed by atoms with Gasteiger partial charge >= 0.3 is 0 Å². The molecule has 0 radical (unpaired) electrons. The Morgan fingerprint density at radius 2 is 1.86 bits per heavy atom. The summed E-state index contributed by atoms with van der Waals surface area (Å²) in [5.41, 5.74) is 3.18. The minimum atomic E-state index is -0.756. The molecule has 2 saturated carbocycles. The van der Waals surface area contributed by atoms with Gasteiger partial charge in [0.15, 0.2) is 0 Å². The van der Waals surface area contributed by atoms with Crippen LogP contribution in [-0.4, -0.2) is 40.8 Å². The zero-order chi connectivity index (χ0) is 24.2. The van der Waals surface area contributed by atoms with Crippen molar-refractivity contribution in [2.45, 2.75) is 82.5 Å². The van der Waals surface area contributed by atoms with E-state index in [-0.39, 0.29) is 24.0 Å². The average molecular weight is 474 g/mol. The molecule has 4 aliphatic rings. The van der Waals surface area contributed by atoms with Crippen LogP contribution in [-0.2, 0) is 16.0 Å². The highest BCUT2D eigenvalue weighted by Crippen LogP contribution is 2.66. The van der Waals surface area contributed by atoms with Crippen molar-refractivity contribution in [3.8, 4) is 0 Å². The van der Waals surface area contributed by atoms with Gasteiger partial charge in [-0.3, -0.25) is 4.79 Å². The number of fused-ring (bicyclic) bond motifs is 5. The standard InChI is InChI=1S/C31H39NO3/c1-3-4-18-32-27(33)20-35-31(28(32)22-11-6-5-7-12-22)19-26-25-15-14-21-10-8-9-13-23(21)24(25)16-17-30(26,2)29(31)34/h5-13,24-26,28-29,34H,3-4,14-20H2,1-2H3/t24-,25-,26+,28+,29-,30+,31+/m1/s1. The van der Waals surface area contributed by atoms with Crippen LogP contribution in [0.5, 0.6) is 0 Å². The Labute approximate surface area is 209 Å². The Hall–Kier alpha value is -2.17. The lowest BCUT2D eigenvalue weighted by Crippen LogP contribution is -2.61. The first-order chi connectivity index (χ1) is 17.0. The van der Waals surface area contributed by atoms with E-state index in [1.807, 2.05) is 23.1 Å². The number of morpholine rings is 1. The second-order valence-electron chi connectivity index (χ2n) is 11.8. The fourth-order valence-electron chi connectivity index (χ4n) is 8.45. The minimum Gasteiger partial charge on any atom is -0.389 e. The number of amides is 1. The maximum absolute atomic E-state index is 13.2. The number of ether oxygens (including phenoxy) is 1. The lowest BCUT2D eigenvalue weighted by molar-refractivity contribution is -0.208. The number of aliphatic hydroxyl groups is 1. The van der Waals surface area contributed by atoms with Crippen LogP contribution < -0.4 is 0 Å². The number of aryl methyl sites for hydroxylation is 1. The van der Waals surface area contributed by atoms with Crippen LogP contribution in [0.15, 0.2) is 54.6 Å². The zero-order valence-corrected chi connectivity index (χ0v) is 21.2. The van der Waals surface area contributed by atoms with E-state index in [0.29, 0.717) is 24.3 Å². The molecule has 0 bridgehead atoms. The topological polar surface area (TPSA) is 49.8 Å². The number of carbonyl (C=O) groups is 1. The number of hydrogen-bond donors (Lipinski definition) is 1. The monoisotopic (exact) mass is 473 g/mol.